The lowest BCUT2D eigenvalue weighted by molar-refractivity contribution is -0.124. The minimum atomic E-state index is -0.705. The first kappa shape index (κ1) is 16.9. The van der Waals surface area contributed by atoms with E-state index in [-0.39, 0.29) is 5.92 Å². The van der Waals surface area contributed by atoms with Gasteiger partial charge in [-0.15, -0.1) is 0 Å². The lowest BCUT2D eigenvalue weighted by Crippen LogP contribution is -2.28. The molecule has 0 radical (unpaired) electrons. The zero-order valence-electron chi connectivity index (χ0n) is 11.8. The van der Waals surface area contributed by atoms with Gasteiger partial charge in [0.1, 0.15) is 0 Å². The molecule has 2 unspecified atom stereocenters. The number of halogens is 1. The van der Waals surface area contributed by atoms with Crippen molar-refractivity contribution in [1.29, 1.82) is 0 Å². The third-order valence-electron chi connectivity index (χ3n) is 2.97. The lowest BCUT2D eigenvalue weighted by Gasteiger charge is -2.23. The second-order valence-electron chi connectivity index (χ2n) is 4.95. The smallest absolute Gasteiger partial charge is 0.161 e. The van der Waals surface area contributed by atoms with Gasteiger partial charge in [0.15, 0.2) is 6.29 Å². The molecule has 0 aromatic carbocycles. The number of nitrogens with zero attached hydrogens (tertiary/aromatic N) is 1. The summed E-state index contributed by atoms with van der Waals surface area (Å²) in [7, 11) is 3.99. The Bertz CT molecular complexity index is 306. The monoisotopic (exact) mass is 380 g/mol. The highest BCUT2D eigenvalue weighted by Gasteiger charge is 2.18. The Morgan fingerprint density at radius 2 is 2.37 bits per heavy atom. The minimum Gasteiger partial charge on any atom is -0.385 e. The first-order valence-electron chi connectivity index (χ1n) is 6.76. The molecule has 1 aliphatic carbocycles. The van der Waals surface area contributed by atoms with E-state index in [4.69, 9.17) is 4.74 Å². The molecule has 0 heterocycles. The Kier molecular flexibility index (Phi) is 8.69. The highest BCUT2D eigenvalue weighted by molar-refractivity contribution is 14.1. The van der Waals surface area contributed by atoms with Crippen LogP contribution in [-0.4, -0.2) is 54.5 Å². The number of alkyl halides is 1. The molecule has 0 amide bonds. The Labute approximate surface area is 130 Å². The second kappa shape index (κ2) is 9.74. The molecule has 0 aromatic rings. The van der Waals surface area contributed by atoms with Crippen LogP contribution in [0.1, 0.15) is 12.8 Å². The summed E-state index contributed by atoms with van der Waals surface area (Å²) >= 11 is 2.38. The highest BCUT2D eigenvalue weighted by Crippen LogP contribution is 2.19. The number of ether oxygens (including phenoxy) is 1. The minimum absolute atomic E-state index is 0.0669. The van der Waals surface area contributed by atoms with E-state index in [1.54, 1.807) is 0 Å². The average molecular weight is 380 g/mol. The molecule has 4 nitrogen and oxygen atoms in total. The second-order valence-corrected chi connectivity index (χ2v) is 6.03. The molecule has 5 heteroatoms. The van der Waals surface area contributed by atoms with Gasteiger partial charge in [0.25, 0.3) is 0 Å². The van der Waals surface area contributed by atoms with Gasteiger partial charge in [0.2, 0.25) is 0 Å². The van der Waals surface area contributed by atoms with Crippen LogP contribution >= 0.6 is 22.6 Å². The molecule has 0 aromatic heterocycles. The van der Waals surface area contributed by atoms with Crippen LogP contribution in [0.2, 0.25) is 0 Å². The van der Waals surface area contributed by atoms with Gasteiger partial charge >= 0.3 is 0 Å². The van der Waals surface area contributed by atoms with Crippen molar-refractivity contribution < 1.29 is 9.84 Å². The number of hydrogen-bond acceptors (Lipinski definition) is 4. The van der Waals surface area contributed by atoms with Gasteiger partial charge in [0, 0.05) is 29.1 Å². The number of hydrogen-bond donors (Lipinski definition) is 2. The molecule has 2 atom stereocenters. The predicted octanol–water partition coefficient (Wildman–Crippen LogP) is 1.76. The van der Waals surface area contributed by atoms with E-state index in [0.717, 1.165) is 25.2 Å². The quantitative estimate of drug-likeness (QED) is 0.277. The Morgan fingerprint density at radius 3 is 2.95 bits per heavy atom. The molecule has 0 saturated carbocycles. The summed E-state index contributed by atoms with van der Waals surface area (Å²) in [6, 6.07) is 0. The van der Waals surface area contributed by atoms with E-state index < -0.39 is 6.29 Å². The molecule has 1 aliphatic rings. The van der Waals surface area contributed by atoms with Gasteiger partial charge in [-0.1, -0.05) is 34.7 Å². The molecular formula is C14H25IN2O2. The largest absolute Gasteiger partial charge is 0.385 e. The SMILES string of the molecule is CN(C)CCOC(O)C1C=CC(NCCCI)=CC1. The van der Waals surface area contributed by atoms with Crippen LogP contribution in [0, 0.1) is 5.92 Å². The summed E-state index contributed by atoms with van der Waals surface area (Å²) in [5.74, 6) is 0.0669. The van der Waals surface area contributed by atoms with E-state index in [0.29, 0.717) is 6.61 Å². The first-order valence-corrected chi connectivity index (χ1v) is 8.28. The van der Waals surface area contributed by atoms with E-state index >= 15 is 0 Å². The number of likely N-dealkylation sites (N-methyl/N-ethyl adjacent to an activating group) is 1. The van der Waals surface area contributed by atoms with E-state index in [1.165, 1.54) is 10.8 Å². The summed E-state index contributed by atoms with van der Waals surface area (Å²) in [4.78, 5) is 2.04. The van der Waals surface area contributed by atoms with Crippen molar-refractivity contribution in [3.63, 3.8) is 0 Å². The standard InChI is InChI=1S/C14H25IN2O2/c1-17(2)10-11-19-14(18)12-4-6-13(7-5-12)16-9-3-8-15/h4,6-7,12,14,16,18H,3,5,8-11H2,1-2H3. The van der Waals surface area contributed by atoms with Gasteiger partial charge in [-0.25, -0.2) is 0 Å². The van der Waals surface area contributed by atoms with Crippen molar-refractivity contribution >= 4 is 22.6 Å². The van der Waals surface area contributed by atoms with Crippen molar-refractivity contribution in [2.75, 3.05) is 38.2 Å². The Morgan fingerprint density at radius 1 is 1.58 bits per heavy atom. The molecule has 110 valence electrons. The molecule has 0 spiro atoms. The van der Waals surface area contributed by atoms with Gasteiger partial charge in [-0.2, -0.15) is 0 Å². The Hall–Kier alpha value is -0.110. The molecule has 0 aliphatic heterocycles. The zero-order valence-corrected chi connectivity index (χ0v) is 14.0. The molecule has 0 fully saturated rings. The van der Waals surface area contributed by atoms with Crippen molar-refractivity contribution in [1.82, 2.24) is 10.2 Å². The summed E-state index contributed by atoms with van der Waals surface area (Å²) in [6.07, 6.45) is 7.50. The van der Waals surface area contributed by atoms with Crippen molar-refractivity contribution in [2.24, 2.45) is 5.92 Å². The van der Waals surface area contributed by atoms with Gasteiger partial charge in [0.05, 0.1) is 6.61 Å². The molecule has 0 bridgehead atoms. The number of rotatable bonds is 9. The third-order valence-corrected chi connectivity index (χ3v) is 3.73. The van der Waals surface area contributed by atoms with Gasteiger partial charge in [-0.3, -0.25) is 0 Å². The molecule has 2 N–H and O–H groups in total. The summed E-state index contributed by atoms with van der Waals surface area (Å²) in [5, 5.41) is 13.3. The Balaban J connectivity index is 2.23. The van der Waals surface area contributed by atoms with Crippen molar-refractivity contribution in [2.45, 2.75) is 19.1 Å². The van der Waals surface area contributed by atoms with E-state index in [2.05, 4.69) is 34.0 Å². The van der Waals surface area contributed by atoms with Crippen molar-refractivity contribution in [3.05, 3.63) is 23.9 Å². The van der Waals surface area contributed by atoms with Crippen LogP contribution in [0.5, 0.6) is 0 Å². The maximum atomic E-state index is 9.94. The van der Waals surface area contributed by atoms with Crippen LogP contribution in [0.3, 0.4) is 0 Å². The summed E-state index contributed by atoms with van der Waals surface area (Å²) in [6.45, 7) is 2.39. The maximum absolute atomic E-state index is 9.94. The summed E-state index contributed by atoms with van der Waals surface area (Å²) in [5.41, 5.74) is 1.15. The number of aliphatic hydroxyl groups is 1. The fourth-order valence-electron chi connectivity index (χ4n) is 1.76. The zero-order chi connectivity index (χ0) is 14.1. The molecule has 0 saturated heterocycles. The fraction of sp³-hybridized carbons (Fsp3) is 0.714. The molecule has 1 rings (SSSR count). The van der Waals surface area contributed by atoms with Crippen molar-refractivity contribution in [3.8, 4) is 0 Å². The van der Waals surface area contributed by atoms with Crippen LogP contribution in [0.15, 0.2) is 23.9 Å². The highest BCUT2D eigenvalue weighted by atomic mass is 127. The van der Waals surface area contributed by atoms with Gasteiger partial charge in [-0.05, 0) is 33.0 Å². The number of aliphatic hydroxyl groups excluding tert-OH is 1. The molecular weight excluding hydrogens is 355 g/mol. The van der Waals surface area contributed by atoms with Crippen LogP contribution < -0.4 is 5.32 Å². The third kappa shape index (κ3) is 7.29. The topological polar surface area (TPSA) is 44.7 Å². The number of nitrogens with one attached hydrogen (secondary N) is 1. The van der Waals surface area contributed by atoms with Gasteiger partial charge < -0.3 is 20.1 Å². The normalized spacial score (nSPS) is 20.5. The fourth-order valence-corrected chi connectivity index (χ4v) is 2.14. The molecule has 19 heavy (non-hydrogen) atoms. The predicted molar refractivity (Wildman–Crippen MR) is 87.3 cm³/mol. The van der Waals surface area contributed by atoms with Crippen LogP contribution in [-0.2, 0) is 4.74 Å². The lowest BCUT2D eigenvalue weighted by atomic mass is 9.99. The average Bonchev–Trinajstić information content (AvgIpc) is 2.39. The maximum Gasteiger partial charge on any atom is 0.161 e. The first-order chi connectivity index (χ1) is 9.13. The van der Waals surface area contributed by atoms with E-state index in [9.17, 15) is 5.11 Å². The number of allylic oxidation sites excluding steroid dienone is 2. The van der Waals surface area contributed by atoms with E-state index in [1.807, 2.05) is 31.1 Å². The summed E-state index contributed by atoms with van der Waals surface area (Å²) < 4.78 is 6.61. The van der Waals surface area contributed by atoms with Crippen LogP contribution in [0.4, 0.5) is 0 Å². The van der Waals surface area contributed by atoms with Crippen LogP contribution in [0.25, 0.3) is 0 Å².